The molecule has 4 rings (SSSR count). The Morgan fingerprint density at radius 3 is 2.39 bits per heavy atom. The molecule has 0 aliphatic carbocycles. The van der Waals surface area contributed by atoms with E-state index in [-0.39, 0.29) is 49.9 Å². The number of hydrogen-bond donors (Lipinski definition) is 2. The first kappa shape index (κ1) is 35.2. The zero-order valence-corrected chi connectivity index (χ0v) is 28.1. The summed E-state index contributed by atoms with van der Waals surface area (Å²) >= 11 is 6.33. The normalized spacial score (nSPS) is 27.2. The van der Waals surface area contributed by atoms with Crippen molar-refractivity contribution >= 4 is 35.4 Å². The summed E-state index contributed by atoms with van der Waals surface area (Å²) in [4.78, 5) is 53.5. The number of carbonyl (C=O) groups excluding carboxylic acids is 4. The maximum atomic E-state index is 13.6. The van der Waals surface area contributed by atoms with E-state index in [1.807, 2.05) is 70.2 Å². The SMILES string of the molecule is Cc1ccc(CC2NC(=O)/C=C/CC(C(C)C3OC3c3ccccc3)OC(=O)C(CC(C)C)OC(=O)C(C)(C)CNC2=O)cc1Cl. The van der Waals surface area contributed by atoms with E-state index in [2.05, 4.69) is 10.6 Å². The van der Waals surface area contributed by atoms with Gasteiger partial charge in [0.25, 0.3) is 0 Å². The van der Waals surface area contributed by atoms with Gasteiger partial charge in [-0.15, -0.1) is 0 Å². The molecule has 1 fully saturated rings. The molecule has 0 aromatic heterocycles. The highest BCUT2D eigenvalue weighted by Gasteiger charge is 2.48. The molecule has 9 nitrogen and oxygen atoms in total. The summed E-state index contributed by atoms with van der Waals surface area (Å²) < 4.78 is 17.8. The number of ether oxygens (including phenoxy) is 3. The molecule has 0 bridgehead atoms. The van der Waals surface area contributed by atoms with Gasteiger partial charge in [-0.1, -0.05) is 80.9 Å². The number of carbonyl (C=O) groups is 4. The fourth-order valence-corrected chi connectivity index (χ4v) is 5.59. The van der Waals surface area contributed by atoms with Crippen molar-refractivity contribution < 1.29 is 33.4 Å². The fourth-order valence-electron chi connectivity index (χ4n) is 5.39. The van der Waals surface area contributed by atoms with Crippen molar-refractivity contribution in [1.82, 2.24) is 10.6 Å². The fraction of sp³-hybridized carbons (Fsp3) is 0.500. The van der Waals surface area contributed by atoms with Crippen LogP contribution in [-0.2, 0) is 39.8 Å². The van der Waals surface area contributed by atoms with Crippen molar-refractivity contribution in [3.8, 4) is 0 Å². The van der Waals surface area contributed by atoms with E-state index in [0.717, 1.165) is 16.7 Å². The molecule has 0 spiro atoms. The first-order valence-corrected chi connectivity index (χ1v) is 16.2. The average Bonchev–Trinajstić information content (AvgIpc) is 3.81. The Morgan fingerprint density at radius 2 is 1.72 bits per heavy atom. The van der Waals surface area contributed by atoms with Gasteiger partial charge in [0.1, 0.15) is 18.2 Å². The number of benzene rings is 2. The van der Waals surface area contributed by atoms with E-state index >= 15 is 0 Å². The number of esters is 2. The van der Waals surface area contributed by atoms with Gasteiger partial charge >= 0.3 is 11.9 Å². The summed E-state index contributed by atoms with van der Waals surface area (Å²) in [6.45, 7) is 10.9. The molecule has 2 aliphatic rings. The average molecular weight is 653 g/mol. The number of cyclic esters (lactones) is 2. The zero-order chi connectivity index (χ0) is 33.6. The minimum absolute atomic E-state index is 0.0310. The Hall–Kier alpha value is -3.69. The standard InChI is InChI=1S/C36H45ClN2O7/c1-21(2)17-29-34(42)44-28(23(4)31-32(46-31)25-11-8-7-9-12-25)13-10-14-30(40)39-27(19-24-16-15-22(3)26(37)18-24)33(41)38-20-36(5,6)35(43)45-29/h7-12,14-16,18,21,23,27-29,31-32H,13,17,19-20H2,1-6H3,(H,38,41)(H,39,40)/b14-10+. The van der Waals surface area contributed by atoms with E-state index in [1.165, 1.54) is 6.08 Å². The van der Waals surface area contributed by atoms with Crippen molar-refractivity contribution in [3.63, 3.8) is 0 Å². The molecule has 2 amide bonds. The second-order valence-electron chi connectivity index (χ2n) is 13.4. The number of hydrogen-bond acceptors (Lipinski definition) is 7. The van der Waals surface area contributed by atoms with Crippen LogP contribution in [0.2, 0.25) is 5.02 Å². The summed E-state index contributed by atoms with van der Waals surface area (Å²) in [5.41, 5.74) is 1.51. The van der Waals surface area contributed by atoms with Crippen LogP contribution in [0.15, 0.2) is 60.7 Å². The highest BCUT2D eigenvalue weighted by molar-refractivity contribution is 6.31. The van der Waals surface area contributed by atoms with Gasteiger partial charge < -0.3 is 24.8 Å². The molecule has 248 valence electrons. The van der Waals surface area contributed by atoms with Crippen LogP contribution in [0.1, 0.15) is 70.3 Å². The van der Waals surface area contributed by atoms with Gasteiger partial charge in [0, 0.05) is 30.3 Å². The van der Waals surface area contributed by atoms with Crippen molar-refractivity contribution in [2.75, 3.05) is 6.54 Å². The Bertz CT molecular complexity index is 1440. The Balaban J connectivity index is 1.61. The predicted octanol–water partition coefficient (Wildman–Crippen LogP) is 5.42. The van der Waals surface area contributed by atoms with Gasteiger partial charge in [-0.3, -0.25) is 14.4 Å². The minimum atomic E-state index is -1.18. The summed E-state index contributed by atoms with van der Waals surface area (Å²) in [5.74, 6) is -2.45. The Kier molecular flexibility index (Phi) is 11.7. The van der Waals surface area contributed by atoms with Gasteiger partial charge in [0.05, 0.1) is 11.5 Å². The summed E-state index contributed by atoms with van der Waals surface area (Å²) in [6, 6.07) is 14.3. The molecule has 2 aromatic carbocycles. The molecule has 1 saturated heterocycles. The van der Waals surface area contributed by atoms with Crippen LogP contribution in [0.4, 0.5) is 0 Å². The number of epoxide rings is 1. The van der Waals surface area contributed by atoms with Gasteiger partial charge in [-0.25, -0.2) is 4.79 Å². The third-order valence-corrected chi connectivity index (χ3v) is 8.83. The highest BCUT2D eigenvalue weighted by Crippen LogP contribution is 2.45. The molecule has 10 heteroatoms. The van der Waals surface area contributed by atoms with Gasteiger partial charge in [-0.05, 0) is 61.9 Å². The first-order valence-electron chi connectivity index (χ1n) is 15.9. The molecular weight excluding hydrogens is 608 g/mol. The zero-order valence-electron chi connectivity index (χ0n) is 27.4. The number of nitrogens with one attached hydrogen (secondary N) is 2. The molecule has 46 heavy (non-hydrogen) atoms. The summed E-state index contributed by atoms with van der Waals surface area (Å²) in [7, 11) is 0. The third-order valence-electron chi connectivity index (χ3n) is 8.43. The van der Waals surface area contributed by atoms with Crippen LogP contribution in [0.25, 0.3) is 0 Å². The molecule has 2 aliphatic heterocycles. The molecule has 0 saturated carbocycles. The Labute approximate surface area is 276 Å². The molecule has 6 unspecified atom stereocenters. The molecule has 0 radical (unpaired) electrons. The van der Waals surface area contributed by atoms with Crippen molar-refractivity contribution in [3.05, 3.63) is 82.4 Å². The van der Waals surface area contributed by atoms with Crippen molar-refractivity contribution in [2.45, 2.75) is 91.3 Å². The number of halogens is 1. The van der Waals surface area contributed by atoms with E-state index in [1.54, 1.807) is 26.0 Å². The molecule has 2 N–H and O–H groups in total. The van der Waals surface area contributed by atoms with Gasteiger partial charge in [-0.2, -0.15) is 0 Å². The first-order chi connectivity index (χ1) is 21.7. The maximum absolute atomic E-state index is 13.6. The van der Waals surface area contributed by atoms with Crippen LogP contribution in [0.3, 0.4) is 0 Å². The monoisotopic (exact) mass is 652 g/mol. The lowest BCUT2D eigenvalue weighted by molar-refractivity contribution is -0.179. The molecular formula is C36H45ClN2O7. The van der Waals surface area contributed by atoms with Gasteiger partial charge in [0.15, 0.2) is 6.10 Å². The second kappa shape index (κ2) is 15.3. The van der Waals surface area contributed by atoms with Crippen LogP contribution in [0.5, 0.6) is 0 Å². The van der Waals surface area contributed by atoms with Gasteiger partial charge in [0.2, 0.25) is 11.8 Å². The van der Waals surface area contributed by atoms with E-state index in [4.69, 9.17) is 25.8 Å². The second-order valence-corrected chi connectivity index (χ2v) is 13.8. The summed E-state index contributed by atoms with van der Waals surface area (Å²) in [5, 5.41) is 6.13. The lowest BCUT2D eigenvalue weighted by Gasteiger charge is -2.29. The van der Waals surface area contributed by atoms with Crippen LogP contribution in [0, 0.1) is 24.2 Å². The van der Waals surface area contributed by atoms with Crippen molar-refractivity contribution in [2.24, 2.45) is 17.3 Å². The number of amides is 2. The lowest BCUT2D eigenvalue weighted by Crippen LogP contribution is -2.51. The van der Waals surface area contributed by atoms with E-state index < -0.39 is 47.4 Å². The maximum Gasteiger partial charge on any atom is 0.347 e. The highest BCUT2D eigenvalue weighted by atomic mass is 35.5. The van der Waals surface area contributed by atoms with Crippen LogP contribution < -0.4 is 10.6 Å². The predicted molar refractivity (Wildman–Crippen MR) is 175 cm³/mol. The van der Waals surface area contributed by atoms with Crippen LogP contribution in [-0.4, -0.2) is 54.7 Å². The van der Waals surface area contributed by atoms with Crippen LogP contribution >= 0.6 is 11.6 Å². The quantitative estimate of drug-likeness (QED) is 0.302. The summed E-state index contributed by atoms with van der Waals surface area (Å²) in [6.07, 6.45) is 1.48. The smallest absolute Gasteiger partial charge is 0.347 e. The topological polar surface area (TPSA) is 123 Å². The third kappa shape index (κ3) is 9.42. The lowest BCUT2D eigenvalue weighted by atomic mass is 9.92. The van der Waals surface area contributed by atoms with E-state index in [0.29, 0.717) is 5.02 Å². The molecule has 2 aromatic rings. The largest absolute Gasteiger partial charge is 0.459 e. The Morgan fingerprint density at radius 1 is 1.00 bits per heavy atom. The van der Waals surface area contributed by atoms with E-state index in [9.17, 15) is 19.2 Å². The number of rotatable bonds is 7. The number of aryl methyl sites for hydroxylation is 1. The molecule has 2 heterocycles. The molecule has 6 atom stereocenters. The minimum Gasteiger partial charge on any atom is -0.459 e. The van der Waals surface area contributed by atoms with Crippen molar-refractivity contribution in [1.29, 1.82) is 0 Å².